The van der Waals surface area contributed by atoms with E-state index in [-0.39, 0.29) is 0 Å². The van der Waals surface area contributed by atoms with E-state index in [0.29, 0.717) is 18.3 Å². The highest BCUT2D eigenvalue weighted by atomic mass is 79.9. The minimum absolute atomic E-state index is 0.473. The van der Waals surface area contributed by atoms with E-state index in [1.165, 1.54) is 0 Å². The van der Waals surface area contributed by atoms with Crippen LogP contribution in [0.25, 0.3) is 0 Å². The molecule has 1 heterocycles. The first-order chi connectivity index (χ1) is 8.69. The second-order valence-electron chi connectivity index (χ2n) is 3.77. The van der Waals surface area contributed by atoms with Gasteiger partial charge in [-0.1, -0.05) is 34.1 Å². The Kier molecular flexibility index (Phi) is 4.15. The Bertz CT molecular complexity index is 546. The molecule has 0 saturated carbocycles. The van der Waals surface area contributed by atoms with Gasteiger partial charge in [0.2, 0.25) is 5.88 Å². The second-order valence-corrected chi connectivity index (χ2v) is 4.62. The van der Waals surface area contributed by atoms with Gasteiger partial charge in [-0.2, -0.15) is 4.98 Å². The van der Waals surface area contributed by atoms with Crippen molar-refractivity contribution in [2.24, 2.45) is 0 Å². The number of aromatic nitrogens is 2. The molecule has 2 rings (SSSR count). The summed E-state index contributed by atoms with van der Waals surface area (Å²) in [5.41, 5.74) is 1.08. The van der Waals surface area contributed by atoms with Gasteiger partial charge in [-0.15, -0.1) is 0 Å². The Morgan fingerprint density at radius 1 is 1.28 bits per heavy atom. The highest BCUT2D eigenvalue weighted by Gasteiger charge is 2.04. The minimum atomic E-state index is 0.473. The summed E-state index contributed by atoms with van der Waals surface area (Å²) in [7, 11) is 1.82. The summed E-state index contributed by atoms with van der Waals surface area (Å²) in [5, 5.41) is 2.98. The molecule has 94 valence electrons. The lowest BCUT2D eigenvalue weighted by molar-refractivity contribution is 0.292. The number of nitrogens with zero attached hydrogens (tertiary/aromatic N) is 2. The van der Waals surface area contributed by atoms with Crippen LogP contribution in [0.4, 0.5) is 5.82 Å². The smallest absolute Gasteiger partial charge is 0.219 e. The molecule has 0 fully saturated rings. The van der Waals surface area contributed by atoms with Crippen molar-refractivity contribution in [2.75, 3.05) is 12.4 Å². The third-order valence-corrected chi connectivity index (χ3v) is 3.18. The van der Waals surface area contributed by atoms with E-state index in [4.69, 9.17) is 4.74 Å². The van der Waals surface area contributed by atoms with Crippen LogP contribution in [-0.4, -0.2) is 17.0 Å². The molecule has 1 aromatic carbocycles. The van der Waals surface area contributed by atoms with E-state index in [1.54, 1.807) is 6.07 Å². The molecule has 5 heteroatoms. The molecule has 0 aliphatic carbocycles. The van der Waals surface area contributed by atoms with E-state index in [0.717, 1.165) is 15.9 Å². The normalized spacial score (nSPS) is 10.2. The van der Waals surface area contributed by atoms with Gasteiger partial charge in [0.25, 0.3) is 0 Å². The summed E-state index contributed by atoms with van der Waals surface area (Å²) in [6.07, 6.45) is 0. The van der Waals surface area contributed by atoms with Crippen molar-refractivity contribution in [2.45, 2.75) is 13.5 Å². The highest BCUT2D eigenvalue weighted by molar-refractivity contribution is 9.10. The maximum atomic E-state index is 5.68. The van der Waals surface area contributed by atoms with Crippen LogP contribution in [0.1, 0.15) is 11.4 Å². The van der Waals surface area contributed by atoms with Crippen molar-refractivity contribution in [1.29, 1.82) is 0 Å². The van der Waals surface area contributed by atoms with Crippen LogP contribution in [0, 0.1) is 6.92 Å². The van der Waals surface area contributed by atoms with Gasteiger partial charge >= 0.3 is 0 Å². The lowest BCUT2D eigenvalue weighted by Crippen LogP contribution is -2.02. The molecule has 0 amide bonds. The zero-order valence-electron chi connectivity index (χ0n) is 10.3. The van der Waals surface area contributed by atoms with Crippen LogP contribution >= 0.6 is 15.9 Å². The maximum Gasteiger partial charge on any atom is 0.219 e. The summed E-state index contributed by atoms with van der Waals surface area (Å²) < 4.78 is 6.71. The number of rotatable bonds is 4. The number of benzene rings is 1. The third-order valence-electron chi connectivity index (χ3n) is 2.40. The summed E-state index contributed by atoms with van der Waals surface area (Å²) in [4.78, 5) is 8.45. The van der Waals surface area contributed by atoms with Gasteiger partial charge in [-0.25, -0.2) is 4.98 Å². The van der Waals surface area contributed by atoms with Crippen molar-refractivity contribution in [3.63, 3.8) is 0 Å². The van der Waals surface area contributed by atoms with E-state index in [1.807, 2.05) is 38.2 Å². The monoisotopic (exact) mass is 307 g/mol. The van der Waals surface area contributed by atoms with Gasteiger partial charge in [0.05, 0.1) is 0 Å². The van der Waals surface area contributed by atoms with Crippen LogP contribution in [0.5, 0.6) is 5.88 Å². The molecule has 0 unspecified atom stereocenters. The summed E-state index contributed by atoms with van der Waals surface area (Å²) in [5.74, 6) is 2.01. The van der Waals surface area contributed by atoms with Crippen molar-refractivity contribution in [3.8, 4) is 5.88 Å². The molecular weight excluding hydrogens is 294 g/mol. The van der Waals surface area contributed by atoms with Crippen LogP contribution < -0.4 is 10.1 Å². The van der Waals surface area contributed by atoms with Crippen molar-refractivity contribution < 1.29 is 4.74 Å². The van der Waals surface area contributed by atoms with E-state index < -0.39 is 0 Å². The summed E-state index contributed by atoms with van der Waals surface area (Å²) in [6.45, 7) is 2.31. The lowest BCUT2D eigenvalue weighted by Gasteiger charge is -2.08. The lowest BCUT2D eigenvalue weighted by atomic mass is 10.2. The Morgan fingerprint density at radius 3 is 2.78 bits per heavy atom. The first-order valence-corrected chi connectivity index (χ1v) is 6.38. The number of nitrogens with one attached hydrogen (secondary N) is 1. The van der Waals surface area contributed by atoms with Crippen molar-refractivity contribution in [3.05, 3.63) is 46.2 Å². The Morgan fingerprint density at radius 2 is 2.06 bits per heavy atom. The van der Waals surface area contributed by atoms with Crippen molar-refractivity contribution >= 4 is 21.7 Å². The fourth-order valence-corrected chi connectivity index (χ4v) is 1.91. The SMILES string of the molecule is CNc1cc(OCc2ccccc2Br)nc(C)n1. The molecule has 4 nitrogen and oxygen atoms in total. The van der Waals surface area contributed by atoms with Gasteiger partial charge in [0.15, 0.2) is 0 Å². The molecule has 0 radical (unpaired) electrons. The molecule has 0 saturated heterocycles. The zero-order valence-corrected chi connectivity index (χ0v) is 11.9. The van der Waals surface area contributed by atoms with E-state index in [2.05, 4.69) is 31.2 Å². The van der Waals surface area contributed by atoms with Crippen LogP contribution in [0.3, 0.4) is 0 Å². The van der Waals surface area contributed by atoms with Crippen LogP contribution in [0.15, 0.2) is 34.8 Å². The molecule has 0 spiro atoms. The molecule has 18 heavy (non-hydrogen) atoms. The van der Waals surface area contributed by atoms with Gasteiger partial charge < -0.3 is 10.1 Å². The molecule has 0 atom stereocenters. The number of ether oxygens (including phenoxy) is 1. The molecular formula is C13H14BrN3O. The first-order valence-electron chi connectivity index (χ1n) is 5.58. The van der Waals surface area contributed by atoms with Crippen molar-refractivity contribution in [1.82, 2.24) is 9.97 Å². The summed E-state index contributed by atoms with van der Waals surface area (Å²) >= 11 is 3.49. The number of hydrogen-bond donors (Lipinski definition) is 1. The van der Waals surface area contributed by atoms with Crippen LogP contribution in [-0.2, 0) is 6.61 Å². The predicted molar refractivity (Wildman–Crippen MR) is 74.8 cm³/mol. The Hall–Kier alpha value is -1.62. The molecule has 0 aliphatic rings. The number of aryl methyl sites for hydroxylation is 1. The number of hydrogen-bond acceptors (Lipinski definition) is 4. The Balaban J connectivity index is 2.11. The molecule has 1 N–H and O–H groups in total. The van der Waals surface area contributed by atoms with Gasteiger partial charge in [0, 0.05) is 23.2 Å². The van der Waals surface area contributed by atoms with Crippen LogP contribution in [0.2, 0.25) is 0 Å². The fraction of sp³-hybridized carbons (Fsp3) is 0.231. The molecule has 2 aromatic rings. The zero-order chi connectivity index (χ0) is 13.0. The standard InChI is InChI=1S/C13H14BrN3O/c1-9-16-12(15-2)7-13(17-9)18-8-10-5-3-4-6-11(10)14/h3-7H,8H2,1-2H3,(H,15,16,17). The van der Waals surface area contributed by atoms with Gasteiger partial charge in [-0.3, -0.25) is 0 Å². The number of anilines is 1. The maximum absolute atomic E-state index is 5.68. The topological polar surface area (TPSA) is 47.0 Å². The fourth-order valence-electron chi connectivity index (χ4n) is 1.51. The quantitative estimate of drug-likeness (QED) is 0.942. The molecule has 0 bridgehead atoms. The average Bonchev–Trinajstić information content (AvgIpc) is 2.37. The number of halogens is 1. The van der Waals surface area contributed by atoms with Gasteiger partial charge in [0.1, 0.15) is 18.2 Å². The van der Waals surface area contributed by atoms with E-state index in [9.17, 15) is 0 Å². The second kappa shape index (κ2) is 5.82. The van der Waals surface area contributed by atoms with Gasteiger partial charge in [-0.05, 0) is 13.0 Å². The third kappa shape index (κ3) is 3.20. The molecule has 0 aliphatic heterocycles. The minimum Gasteiger partial charge on any atom is -0.473 e. The largest absolute Gasteiger partial charge is 0.473 e. The highest BCUT2D eigenvalue weighted by Crippen LogP contribution is 2.19. The predicted octanol–water partition coefficient (Wildman–Crippen LogP) is 3.17. The summed E-state index contributed by atoms with van der Waals surface area (Å²) in [6, 6.07) is 9.74. The molecule has 1 aromatic heterocycles. The van der Waals surface area contributed by atoms with E-state index >= 15 is 0 Å². The average molecular weight is 308 g/mol. The first kappa shape index (κ1) is 12.8. The Labute approximate surface area is 115 Å².